The van der Waals surface area contributed by atoms with Crippen LogP contribution in [0.25, 0.3) is 0 Å². The fourth-order valence-electron chi connectivity index (χ4n) is 3.11. The topological polar surface area (TPSA) is 54.0 Å². The van der Waals surface area contributed by atoms with Crippen LogP contribution in [0.5, 0.6) is 11.5 Å². The molecular formula is C16H24N2O3. The average molecular weight is 292 g/mol. The van der Waals surface area contributed by atoms with Crippen molar-refractivity contribution in [3.8, 4) is 11.5 Å². The number of nitrogens with one attached hydrogen (secondary N) is 1. The lowest BCUT2D eigenvalue weighted by Crippen LogP contribution is -2.53. The molecule has 2 heterocycles. The van der Waals surface area contributed by atoms with Crippen LogP contribution >= 0.6 is 0 Å². The number of piperidine rings is 1. The first-order chi connectivity index (χ1) is 10.2. The average Bonchev–Trinajstić information content (AvgIpc) is 2.94. The van der Waals surface area contributed by atoms with E-state index in [1.807, 2.05) is 18.2 Å². The monoisotopic (exact) mass is 292 g/mol. The summed E-state index contributed by atoms with van der Waals surface area (Å²) in [6.45, 7) is 6.66. The molecule has 5 heteroatoms. The molecule has 3 rings (SSSR count). The van der Waals surface area contributed by atoms with Crippen LogP contribution in [0.15, 0.2) is 18.2 Å². The third kappa shape index (κ3) is 3.48. The number of likely N-dealkylation sites (tertiary alicyclic amines) is 1. The van der Waals surface area contributed by atoms with Crippen LogP contribution in [-0.2, 0) is 6.54 Å². The summed E-state index contributed by atoms with van der Waals surface area (Å²) in [7, 11) is 0. The number of β-amino-alcohol motifs (C(OH)–C–C–N with tert-alkyl or cyclic N) is 1. The molecule has 1 fully saturated rings. The van der Waals surface area contributed by atoms with Gasteiger partial charge in [0.05, 0.1) is 5.60 Å². The zero-order chi connectivity index (χ0) is 14.7. The van der Waals surface area contributed by atoms with Crippen LogP contribution in [-0.4, -0.2) is 48.6 Å². The van der Waals surface area contributed by atoms with Crippen LogP contribution in [0.3, 0.4) is 0 Å². The molecule has 0 amide bonds. The van der Waals surface area contributed by atoms with Crippen molar-refractivity contribution in [2.24, 2.45) is 0 Å². The summed E-state index contributed by atoms with van der Waals surface area (Å²) in [5, 5.41) is 14.0. The second-order valence-electron chi connectivity index (χ2n) is 5.99. The first-order valence-electron chi connectivity index (χ1n) is 7.72. The van der Waals surface area contributed by atoms with Gasteiger partial charge in [-0.15, -0.1) is 0 Å². The number of hydrogen-bond donors (Lipinski definition) is 2. The highest BCUT2D eigenvalue weighted by Gasteiger charge is 2.32. The Kier molecular flexibility index (Phi) is 4.33. The van der Waals surface area contributed by atoms with E-state index in [9.17, 15) is 5.11 Å². The quantitative estimate of drug-likeness (QED) is 0.858. The van der Waals surface area contributed by atoms with E-state index >= 15 is 0 Å². The highest BCUT2D eigenvalue weighted by atomic mass is 16.7. The predicted octanol–water partition coefficient (Wildman–Crippen LogP) is 1.35. The van der Waals surface area contributed by atoms with Crippen LogP contribution in [0.1, 0.15) is 25.3 Å². The Morgan fingerprint density at radius 1 is 1.33 bits per heavy atom. The van der Waals surface area contributed by atoms with Crippen LogP contribution < -0.4 is 14.8 Å². The van der Waals surface area contributed by atoms with E-state index in [0.717, 1.165) is 56.1 Å². The zero-order valence-corrected chi connectivity index (χ0v) is 12.6. The Bertz CT molecular complexity index is 494. The molecule has 116 valence electrons. The molecule has 0 spiro atoms. The van der Waals surface area contributed by atoms with E-state index in [2.05, 4.69) is 17.1 Å². The van der Waals surface area contributed by atoms with Crippen molar-refractivity contribution in [2.45, 2.75) is 31.9 Å². The van der Waals surface area contributed by atoms with E-state index in [0.29, 0.717) is 13.3 Å². The largest absolute Gasteiger partial charge is 0.454 e. The molecule has 2 aliphatic heterocycles. The van der Waals surface area contributed by atoms with Crippen molar-refractivity contribution in [1.82, 2.24) is 10.2 Å². The number of fused-ring (bicyclic) bond motifs is 1. The maximum absolute atomic E-state index is 10.7. The van der Waals surface area contributed by atoms with Crippen molar-refractivity contribution in [3.05, 3.63) is 23.8 Å². The number of ether oxygens (including phenoxy) is 2. The lowest BCUT2D eigenvalue weighted by Gasteiger charge is -2.39. The Morgan fingerprint density at radius 3 is 3.05 bits per heavy atom. The smallest absolute Gasteiger partial charge is 0.231 e. The molecule has 0 aliphatic carbocycles. The molecule has 1 atom stereocenters. The molecule has 0 unspecified atom stereocenters. The predicted molar refractivity (Wildman–Crippen MR) is 80.6 cm³/mol. The fraction of sp³-hybridized carbons (Fsp3) is 0.625. The molecule has 2 N–H and O–H groups in total. The van der Waals surface area contributed by atoms with Gasteiger partial charge in [0, 0.05) is 19.6 Å². The molecule has 1 aromatic rings. The first kappa shape index (κ1) is 14.6. The standard InChI is InChI=1S/C16H24N2O3/c1-2-18-7-3-6-16(19,11-18)10-17-9-13-4-5-14-15(8-13)21-12-20-14/h4-5,8,17,19H,2-3,6-7,9-12H2,1H3/t16-/m1/s1. The van der Waals surface area contributed by atoms with Gasteiger partial charge >= 0.3 is 0 Å². The molecule has 0 aromatic heterocycles. The molecule has 1 aromatic carbocycles. The summed E-state index contributed by atoms with van der Waals surface area (Å²) in [6, 6.07) is 5.97. The van der Waals surface area contributed by atoms with Crippen molar-refractivity contribution in [1.29, 1.82) is 0 Å². The normalized spacial score (nSPS) is 25.2. The van der Waals surface area contributed by atoms with E-state index < -0.39 is 5.60 Å². The van der Waals surface area contributed by atoms with Gasteiger partial charge in [-0.25, -0.2) is 0 Å². The van der Waals surface area contributed by atoms with Gasteiger partial charge in [0.2, 0.25) is 6.79 Å². The lowest BCUT2D eigenvalue weighted by atomic mass is 9.92. The number of hydrogen-bond acceptors (Lipinski definition) is 5. The van der Waals surface area contributed by atoms with Gasteiger partial charge in [0.1, 0.15) is 0 Å². The van der Waals surface area contributed by atoms with Gasteiger partial charge in [-0.3, -0.25) is 0 Å². The second-order valence-corrected chi connectivity index (χ2v) is 5.99. The van der Waals surface area contributed by atoms with Crippen molar-refractivity contribution in [2.75, 3.05) is 33.0 Å². The van der Waals surface area contributed by atoms with Crippen LogP contribution in [0.2, 0.25) is 0 Å². The maximum Gasteiger partial charge on any atom is 0.231 e. The Morgan fingerprint density at radius 2 is 2.19 bits per heavy atom. The van der Waals surface area contributed by atoms with Crippen LogP contribution in [0, 0.1) is 0 Å². The number of aliphatic hydroxyl groups is 1. The van der Waals surface area contributed by atoms with Crippen molar-refractivity contribution >= 4 is 0 Å². The molecule has 5 nitrogen and oxygen atoms in total. The summed E-state index contributed by atoms with van der Waals surface area (Å²) in [5.74, 6) is 1.62. The second kappa shape index (κ2) is 6.22. The Hall–Kier alpha value is -1.30. The molecule has 2 aliphatic rings. The summed E-state index contributed by atoms with van der Waals surface area (Å²) in [5.41, 5.74) is 0.538. The van der Waals surface area contributed by atoms with Gasteiger partial charge in [0.15, 0.2) is 11.5 Å². The lowest BCUT2D eigenvalue weighted by molar-refractivity contribution is -0.0279. The molecule has 21 heavy (non-hydrogen) atoms. The molecule has 1 saturated heterocycles. The summed E-state index contributed by atoms with van der Waals surface area (Å²) in [4.78, 5) is 2.31. The first-order valence-corrected chi connectivity index (χ1v) is 7.72. The maximum atomic E-state index is 10.7. The number of likely N-dealkylation sites (N-methyl/N-ethyl adjacent to an activating group) is 1. The number of benzene rings is 1. The van der Waals surface area contributed by atoms with E-state index in [1.165, 1.54) is 0 Å². The molecule has 0 saturated carbocycles. The molecule has 0 bridgehead atoms. The zero-order valence-electron chi connectivity index (χ0n) is 12.6. The van der Waals surface area contributed by atoms with Gasteiger partial charge in [-0.2, -0.15) is 0 Å². The highest BCUT2D eigenvalue weighted by molar-refractivity contribution is 5.44. The van der Waals surface area contributed by atoms with Gasteiger partial charge in [0.25, 0.3) is 0 Å². The minimum absolute atomic E-state index is 0.304. The number of nitrogens with zero attached hydrogens (tertiary/aromatic N) is 1. The van der Waals surface area contributed by atoms with E-state index in [-0.39, 0.29) is 0 Å². The minimum atomic E-state index is -0.607. The van der Waals surface area contributed by atoms with Crippen molar-refractivity contribution < 1.29 is 14.6 Å². The third-order valence-corrected chi connectivity index (χ3v) is 4.30. The van der Waals surface area contributed by atoms with Gasteiger partial charge in [-0.05, 0) is 43.6 Å². The Balaban J connectivity index is 1.51. The van der Waals surface area contributed by atoms with E-state index in [1.54, 1.807) is 0 Å². The fourth-order valence-corrected chi connectivity index (χ4v) is 3.11. The SMILES string of the molecule is CCN1CCC[C@@](O)(CNCc2ccc3c(c2)OCO3)C1. The van der Waals surface area contributed by atoms with Gasteiger partial charge < -0.3 is 24.8 Å². The summed E-state index contributed by atoms with van der Waals surface area (Å²) >= 11 is 0. The number of rotatable bonds is 5. The van der Waals surface area contributed by atoms with Gasteiger partial charge in [-0.1, -0.05) is 13.0 Å². The third-order valence-electron chi connectivity index (χ3n) is 4.30. The van der Waals surface area contributed by atoms with Crippen molar-refractivity contribution in [3.63, 3.8) is 0 Å². The Labute approximate surface area is 125 Å². The van der Waals surface area contributed by atoms with E-state index in [4.69, 9.17) is 9.47 Å². The summed E-state index contributed by atoms with van der Waals surface area (Å²) in [6.07, 6.45) is 1.94. The minimum Gasteiger partial charge on any atom is -0.454 e. The molecule has 0 radical (unpaired) electrons. The highest BCUT2D eigenvalue weighted by Crippen LogP contribution is 2.32. The molecular weight excluding hydrogens is 268 g/mol. The van der Waals surface area contributed by atoms with Crippen LogP contribution in [0.4, 0.5) is 0 Å². The summed E-state index contributed by atoms with van der Waals surface area (Å²) < 4.78 is 10.7.